The van der Waals surface area contributed by atoms with Crippen molar-refractivity contribution in [2.45, 2.75) is 90.3 Å². The summed E-state index contributed by atoms with van der Waals surface area (Å²) in [7, 11) is 0. The molecule has 0 spiro atoms. The minimum Gasteiger partial charge on any atom is -0.442 e. The van der Waals surface area contributed by atoms with Crippen LogP contribution >= 0.6 is 0 Å². The van der Waals surface area contributed by atoms with Gasteiger partial charge in [0, 0.05) is 17.7 Å². The predicted molar refractivity (Wildman–Crippen MR) is 149 cm³/mol. The maximum absolute atomic E-state index is 13.0. The first-order chi connectivity index (χ1) is 17.8. The lowest BCUT2D eigenvalue weighted by molar-refractivity contribution is 0.0518. The van der Waals surface area contributed by atoms with E-state index in [1.54, 1.807) is 0 Å². The van der Waals surface area contributed by atoms with Crippen molar-refractivity contribution in [3.05, 3.63) is 42.0 Å². The van der Waals surface area contributed by atoms with Crippen LogP contribution in [0.25, 0.3) is 10.9 Å². The number of allylic oxidation sites excluding steroid dienone is 1. The van der Waals surface area contributed by atoms with Crippen LogP contribution in [0.5, 0.6) is 0 Å². The molecule has 7 nitrogen and oxygen atoms in total. The number of aliphatic hydroxyl groups is 1. The molecule has 0 saturated heterocycles. The van der Waals surface area contributed by atoms with E-state index in [1.165, 1.54) is 6.42 Å². The summed E-state index contributed by atoms with van der Waals surface area (Å²) >= 11 is 0. The highest BCUT2D eigenvalue weighted by molar-refractivity contribution is 5.98. The number of ether oxygens (including phenoxy) is 2. The van der Waals surface area contributed by atoms with Gasteiger partial charge in [0.05, 0.1) is 17.7 Å². The van der Waals surface area contributed by atoms with Gasteiger partial charge in [0.15, 0.2) is 5.82 Å². The van der Waals surface area contributed by atoms with Crippen molar-refractivity contribution in [2.24, 2.45) is 10.9 Å². The normalized spacial score (nSPS) is 21.6. The standard InChI is InChI=1S/C30H41N3O4/c1-4-36-20-22-18-21(19-30(2,3)35)16-17-25-24-14-10-11-15-26(24)32-28(27(25)31-22)33-29(34)37-23-12-8-6-5-7-9-13-23/h8,10-12,14-15,21,23,35H,4-7,9,13,16-20H2,1-3H3,(H,32,33,34)/b12-8+,31-22?. The third-order valence-corrected chi connectivity index (χ3v) is 7.02. The molecule has 1 aromatic carbocycles. The fraction of sp³-hybridized carbons (Fsp3) is 0.567. The van der Waals surface area contributed by atoms with Gasteiger partial charge >= 0.3 is 6.09 Å². The molecule has 1 aromatic heterocycles. The molecule has 2 aromatic rings. The quantitative estimate of drug-likeness (QED) is 0.398. The van der Waals surface area contributed by atoms with E-state index in [0.29, 0.717) is 31.1 Å². The zero-order valence-electron chi connectivity index (χ0n) is 22.5. The first kappa shape index (κ1) is 27.3. The smallest absolute Gasteiger partial charge is 0.413 e. The number of amides is 1. The van der Waals surface area contributed by atoms with Crippen molar-refractivity contribution in [3.8, 4) is 0 Å². The Bertz CT molecular complexity index is 1140. The molecule has 0 radical (unpaired) electrons. The third kappa shape index (κ3) is 7.86. The molecule has 2 unspecified atom stereocenters. The van der Waals surface area contributed by atoms with E-state index >= 15 is 0 Å². The number of fused-ring (bicyclic) bond motifs is 3. The number of nitrogens with one attached hydrogen (secondary N) is 1. The van der Waals surface area contributed by atoms with Gasteiger partial charge in [-0.25, -0.2) is 9.78 Å². The number of anilines is 1. The molecule has 2 N–H and O–H groups in total. The topological polar surface area (TPSA) is 93.0 Å². The number of aliphatic imine (C=N–C) groups is 1. The average Bonchev–Trinajstić information content (AvgIpc) is 2.81. The van der Waals surface area contributed by atoms with Gasteiger partial charge in [-0.3, -0.25) is 10.3 Å². The number of hydrogen-bond donors (Lipinski definition) is 2. The van der Waals surface area contributed by atoms with Gasteiger partial charge in [-0.2, -0.15) is 0 Å². The Morgan fingerprint density at radius 1 is 1.19 bits per heavy atom. The summed E-state index contributed by atoms with van der Waals surface area (Å²) in [5.41, 5.74) is 2.68. The minimum atomic E-state index is -0.758. The van der Waals surface area contributed by atoms with Crippen molar-refractivity contribution in [1.82, 2.24) is 4.98 Å². The van der Waals surface area contributed by atoms with Crippen LogP contribution in [0.1, 0.15) is 77.7 Å². The fourth-order valence-electron chi connectivity index (χ4n) is 5.40. The summed E-state index contributed by atoms with van der Waals surface area (Å²) in [6.45, 7) is 6.68. The zero-order chi connectivity index (χ0) is 26.3. The first-order valence-corrected chi connectivity index (χ1v) is 13.7. The summed E-state index contributed by atoms with van der Waals surface area (Å²) < 4.78 is 11.5. The Balaban J connectivity index is 1.69. The second kappa shape index (κ2) is 12.7. The van der Waals surface area contributed by atoms with Crippen LogP contribution in [-0.2, 0) is 15.9 Å². The SMILES string of the molecule is CCOCC1=Nc2c(NC(=O)OC3/C=C/CCCCC3)nc3ccccc3c2CCC(CC(C)(C)O)C1. The molecule has 0 fully saturated rings. The van der Waals surface area contributed by atoms with E-state index < -0.39 is 11.7 Å². The van der Waals surface area contributed by atoms with Gasteiger partial charge in [-0.1, -0.05) is 30.7 Å². The summed E-state index contributed by atoms with van der Waals surface area (Å²) in [6, 6.07) is 7.98. The van der Waals surface area contributed by atoms with Gasteiger partial charge in [0.2, 0.25) is 0 Å². The van der Waals surface area contributed by atoms with E-state index in [1.807, 2.05) is 45.0 Å². The van der Waals surface area contributed by atoms with Gasteiger partial charge in [-0.15, -0.1) is 0 Å². The molecule has 200 valence electrons. The number of hydrogen-bond acceptors (Lipinski definition) is 6. The maximum atomic E-state index is 13.0. The molecule has 2 aliphatic rings. The van der Waals surface area contributed by atoms with Crippen molar-refractivity contribution >= 4 is 34.2 Å². The Morgan fingerprint density at radius 2 is 2.03 bits per heavy atom. The second-order valence-corrected chi connectivity index (χ2v) is 10.9. The number of nitrogens with zero attached hydrogens (tertiary/aromatic N) is 2. The Labute approximate surface area is 220 Å². The molecule has 2 atom stereocenters. The lowest BCUT2D eigenvalue weighted by Gasteiger charge is -2.28. The number of benzene rings is 1. The van der Waals surface area contributed by atoms with Crippen LogP contribution < -0.4 is 5.32 Å². The minimum absolute atomic E-state index is 0.234. The molecular formula is C30H41N3O4. The molecule has 4 rings (SSSR count). The van der Waals surface area contributed by atoms with Crippen LogP contribution in [-0.4, -0.2) is 46.8 Å². The molecule has 1 amide bonds. The highest BCUT2D eigenvalue weighted by Gasteiger charge is 2.27. The average molecular weight is 508 g/mol. The largest absolute Gasteiger partial charge is 0.442 e. The summed E-state index contributed by atoms with van der Waals surface area (Å²) in [6.07, 6.45) is 11.7. The van der Waals surface area contributed by atoms with Crippen LogP contribution in [0.2, 0.25) is 0 Å². The number of carbonyl (C=O) groups is 1. The van der Waals surface area contributed by atoms with Gasteiger partial charge < -0.3 is 14.6 Å². The molecule has 0 saturated carbocycles. The monoisotopic (exact) mass is 507 g/mol. The van der Waals surface area contributed by atoms with Gasteiger partial charge in [-0.05, 0) is 95.8 Å². The Morgan fingerprint density at radius 3 is 2.84 bits per heavy atom. The lowest BCUT2D eigenvalue weighted by atomic mass is 9.84. The van der Waals surface area contributed by atoms with Crippen molar-refractivity contribution in [2.75, 3.05) is 18.5 Å². The van der Waals surface area contributed by atoms with E-state index in [9.17, 15) is 9.90 Å². The number of rotatable bonds is 7. The molecule has 1 aliphatic heterocycles. The number of aromatic nitrogens is 1. The first-order valence-electron chi connectivity index (χ1n) is 13.7. The zero-order valence-corrected chi connectivity index (χ0v) is 22.5. The highest BCUT2D eigenvalue weighted by atomic mass is 16.6. The second-order valence-electron chi connectivity index (χ2n) is 10.9. The van der Waals surface area contributed by atoms with Crippen molar-refractivity contribution in [1.29, 1.82) is 0 Å². The molecule has 2 heterocycles. The number of para-hydroxylation sites is 1. The third-order valence-electron chi connectivity index (χ3n) is 7.02. The van der Waals surface area contributed by atoms with Gasteiger partial charge in [0.25, 0.3) is 0 Å². The number of pyridine rings is 1. The number of aryl methyl sites for hydroxylation is 1. The predicted octanol–water partition coefficient (Wildman–Crippen LogP) is 6.89. The van der Waals surface area contributed by atoms with Crippen LogP contribution in [0, 0.1) is 5.92 Å². The molecule has 0 bridgehead atoms. The van der Waals surface area contributed by atoms with Crippen LogP contribution in [0.15, 0.2) is 41.4 Å². The van der Waals surface area contributed by atoms with E-state index in [4.69, 9.17) is 19.5 Å². The Kier molecular flexibility index (Phi) is 9.33. The summed E-state index contributed by atoms with van der Waals surface area (Å²) in [5, 5.41) is 14.5. The Hall–Kier alpha value is -2.77. The fourth-order valence-corrected chi connectivity index (χ4v) is 5.40. The maximum Gasteiger partial charge on any atom is 0.413 e. The summed E-state index contributed by atoms with van der Waals surface area (Å²) in [5.74, 6) is 0.690. The van der Waals surface area contributed by atoms with Crippen LogP contribution in [0.3, 0.4) is 0 Å². The molecule has 1 aliphatic carbocycles. The van der Waals surface area contributed by atoms with Crippen molar-refractivity contribution in [3.63, 3.8) is 0 Å². The molecular weight excluding hydrogens is 466 g/mol. The molecule has 37 heavy (non-hydrogen) atoms. The summed E-state index contributed by atoms with van der Waals surface area (Å²) in [4.78, 5) is 22.9. The number of carbonyl (C=O) groups excluding carboxylic acids is 1. The van der Waals surface area contributed by atoms with E-state index in [2.05, 4.69) is 17.5 Å². The van der Waals surface area contributed by atoms with Crippen molar-refractivity contribution < 1.29 is 19.4 Å². The molecule has 7 heteroatoms. The van der Waals surface area contributed by atoms with Gasteiger partial charge in [0.1, 0.15) is 11.8 Å². The van der Waals surface area contributed by atoms with E-state index in [-0.39, 0.29) is 12.0 Å². The lowest BCUT2D eigenvalue weighted by Crippen LogP contribution is -2.27. The highest BCUT2D eigenvalue weighted by Crippen LogP contribution is 2.39. The van der Waals surface area contributed by atoms with E-state index in [0.717, 1.165) is 67.1 Å². The van der Waals surface area contributed by atoms with Crippen LogP contribution in [0.4, 0.5) is 16.3 Å².